The molecule has 0 saturated carbocycles. The Balaban J connectivity index is 1.69. The third kappa shape index (κ3) is 6.80. The first-order valence-corrected chi connectivity index (χ1v) is 13.8. The highest BCUT2D eigenvalue weighted by Gasteiger charge is 2.20. The molecule has 1 heterocycles. The van der Waals surface area contributed by atoms with E-state index in [1.807, 2.05) is 36.4 Å². The summed E-state index contributed by atoms with van der Waals surface area (Å²) in [5.74, 6) is 1.55. The van der Waals surface area contributed by atoms with Gasteiger partial charge in [0.25, 0.3) is 0 Å². The minimum absolute atomic E-state index is 0.177. The summed E-state index contributed by atoms with van der Waals surface area (Å²) < 4.78 is 16.6. The molecular formula is C30H25Cl2N3O4S. The van der Waals surface area contributed by atoms with Crippen LogP contribution in [0.5, 0.6) is 17.2 Å². The quantitative estimate of drug-likeness (QED) is 0.188. The summed E-state index contributed by atoms with van der Waals surface area (Å²) in [6.07, 6.45) is 0.177. The van der Waals surface area contributed by atoms with E-state index in [1.165, 1.54) is 33.1 Å². The zero-order valence-electron chi connectivity index (χ0n) is 22.0. The smallest absolute Gasteiger partial charge is 0.225 e. The molecule has 0 aliphatic heterocycles. The summed E-state index contributed by atoms with van der Waals surface area (Å²) in [5.41, 5.74) is 3.81. The Morgan fingerprint density at radius 3 is 2.15 bits per heavy atom. The van der Waals surface area contributed by atoms with Crippen molar-refractivity contribution in [1.29, 1.82) is 5.26 Å². The summed E-state index contributed by atoms with van der Waals surface area (Å²) in [6.45, 7) is 0. The predicted octanol–water partition coefficient (Wildman–Crippen LogP) is 7.74. The molecule has 0 fully saturated rings. The molecule has 7 nitrogen and oxygen atoms in total. The number of nitrogens with zero attached hydrogens (tertiary/aromatic N) is 2. The number of nitrogens with one attached hydrogen (secondary N) is 1. The van der Waals surface area contributed by atoms with Crippen LogP contribution in [0.15, 0.2) is 71.8 Å². The molecule has 3 aromatic carbocycles. The zero-order chi connectivity index (χ0) is 28.6. The van der Waals surface area contributed by atoms with Gasteiger partial charge in [-0.25, -0.2) is 4.98 Å². The molecular weight excluding hydrogens is 569 g/mol. The van der Waals surface area contributed by atoms with Crippen LogP contribution in [-0.4, -0.2) is 38.0 Å². The third-order valence-corrected chi connectivity index (χ3v) is 7.27. The number of aromatic nitrogens is 1. The average molecular weight is 595 g/mol. The van der Waals surface area contributed by atoms with E-state index in [9.17, 15) is 10.1 Å². The van der Waals surface area contributed by atoms with Gasteiger partial charge in [0.1, 0.15) is 11.1 Å². The Kier molecular flexibility index (Phi) is 9.78. The lowest BCUT2D eigenvalue weighted by molar-refractivity contribution is -0.115. The molecule has 0 spiro atoms. The molecule has 0 unspecified atom stereocenters. The number of methoxy groups -OCH3 is 3. The molecule has 204 valence electrons. The van der Waals surface area contributed by atoms with Gasteiger partial charge in [0.2, 0.25) is 11.7 Å². The number of anilines is 1. The minimum atomic E-state index is -0.214. The first-order chi connectivity index (χ1) is 19.4. The number of pyridine rings is 1. The molecule has 0 saturated heterocycles. The minimum Gasteiger partial charge on any atom is -0.493 e. The first-order valence-electron chi connectivity index (χ1n) is 12.1. The average Bonchev–Trinajstić information content (AvgIpc) is 2.95. The lowest BCUT2D eigenvalue weighted by Gasteiger charge is -2.16. The van der Waals surface area contributed by atoms with Crippen LogP contribution in [0.25, 0.3) is 22.4 Å². The van der Waals surface area contributed by atoms with E-state index in [0.29, 0.717) is 66.1 Å². The summed E-state index contributed by atoms with van der Waals surface area (Å²) in [4.78, 5) is 17.4. The monoisotopic (exact) mass is 593 g/mol. The van der Waals surface area contributed by atoms with Gasteiger partial charge in [0.15, 0.2) is 11.5 Å². The van der Waals surface area contributed by atoms with Crippen molar-refractivity contribution in [3.63, 3.8) is 0 Å². The fraction of sp³-hybridized carbons (Fsp3) is 0.167. The van der Waals surface area contributed by atoms with Crippen LogP contribution in [0.4, 0.5) is 5.69 Å². The summed E-state index contributed by atoms with van der Waals surface area (Å²) >= 11 is 13.4. The third-order valence-electron chi connectivity index (χ3n) is 5.86. The van der Waals surface area contributed by atoms with Gasteiger partial charge >= 0.3 is 0 Å². The van der Waals surface area contributed by atoms with E-state index < -0.39 is 0 Å². The zero-order valence-corrected chi connectivity index (χ0v) is 24.3. The largest absolute Gasteiger partial charge is 0.493 e. The lowest BCUT2D eigenvalue weighted by Crippen LogP contribution is -2.12. The van der Waals surface area contributed by atoms with Crippen molar-refractivity contribution in [2.75, 3.05) is 32.4 Å². The first kappa shape index (κ1) is 29.1. The van der Waals surface area contributed by atoms with Crippen LogP contribution in [0.2, 0.25) is 10.0 Å². The van der Waals surface area contributed by atoms with E-state index in [-0.39, 0.29) is 12.3 Å². The number of carbonyl (C=O) groups is 1. The number of carbonyl (C=O) groups excluding carboxylic acids is 1. The molecule has 1 amide bonds. The van der Waals surface area contributed by atoms with Crippen LogP contribution in [0, 0.1) is 11.3 Å². The highest BCUT2D eigenvalue weighted by atomic mass is 35.5. The van der Waals surface area contributed by atoms with E-state index in [0.717, 1.165) is 5.56 Å². The number of benzene rings is 3. The summed E-state index contributed by atoms with van der Waals surface area (Å²) in [5, 5.41) is 14.4. The van der Waals surface area contributed by atoms with Gasteiger partial charge in [-0.15, -0.1) is 11.8 Å². The van der Waals surface area contributed by atoms with Crippen LogP contribution >= 0.6 is 35.0 Å². The Bertz CT molecular complexity index is 1530. The van der Waals surface area contributed by atoms with Crippen molar-refractivity contribution < 1.29 is 19.0 Å². The number of hydrogen-bond donors (Lipinski definition) is 1. The van der Waals surface area contributed by atoms with Crippen molar-refractivity contribution in [3.05, 3.63) is 82.3 Å². The van der Waals surface area contributed by atoms with Crippen molar-refractivity contribution in [2.45, 2.75) is 11.4 Å². The maximum atomic E-state index is 12.6. The fourth-order valence-electron chi connectivity index (χ4n) is 4.05. The molecule has 40 heavy (non-hydrogen) atoms. The van der Waals surface area contributed by atoms with Gasteiger partial charge in [-0.05, 0) is 42.0 Å². The number of nitriles is 1. The number of amides is 1. The molecule has 0 aliphatic carbocycles. The summed E-state index contributed by atoms with van der Waals surface area (Å²) in [7, 11) is 4.61. The highest BCUT2D eigenvalue weighted by molar-refractivity contribution is 7.99. The molecule has 4 aromatic rings. The van der Waals surface area contributed by atoms with Crippen LogP contribution in [-0.2, 0) is 4.79 Å². The van der Waals surface area contributed by atoms with E-state index >= 15 is 0 Å². The topological polar surface area (TPSA) is 93.5 Å². The maximum Gasteiger partial charge on any atom is 0.225 e. The molecule has 4 rings (SSSR count). The fourth-order valence-corrected chi connectivity index (χ4v) is 5.51. The Morgan fingerprint density at radius 1 is 0.925 bits per heavy atom. The van der Waals surface area contributed by atoms with Crippen LogP contribution in [0.3, 0.4) is 0 Å². The Morgan fingerprint density at radius 2 is 1.57 bits per heavy atom. The number of thioether (sulfide) groups is 1. The van der Waals surface area contributed by atoms with Gasteiger partial charge < -0.3 is 19.5 Å². The van der Waals surface area contributed by atoms with Gasteiger partial charge in [0.05, 0.1) is 32.6 Å². The van der Waals surface area contributed by atoms with Gasteiger partial charge in [-0.1, -0.05) is 53.5 Å². The van der Waals surface area contributed by atoms with E-state index in [2.05, 4.69) is 11.4 Å². The Hall–Kier alpha value is -3.90. The number of hydrogen-bond acceptors (Lipinski definition) is 7. The number of halogens is 2. The van der Waals surface area contributed by atoms with Crippen molar-refractivity contribution in [1.82, 2.24) is 4.98 Å². The maximum absolute atomic E-state index is 12.6. The second-order valence-electron chi connectivity index (χ2n) is 8.43. The van der Waals surface area contributed by atoms with Crippen LogP contribution in [0.1, 0.15) is 12.0 Å². The number of ether oxygens (including phenoxy) is 3. The second-order valence-corrected chi connectivity index (χ2v) is 10.4. The molecule has 0 atom stereocenters. The molecule has 1 N–H and O–H groups in total. The van der Waals surface area contributed by atoms with Crippen molar-refractivity contribution >= 4 is 46.6 Å². The standard InChI is InChI=1S/C30H25Cl2N3O4S/c1-37-26-11-19(12-27(38-2)29(26)39-3)23-16-25(18-7-5-4-6-8-18)35-30(24(23)17-33)40-10-9-28(36)34-22-14-20(31)13-21(32)15-22/h4-8,11-16H,9-10H2,1-3H3,(H,34,36). The SMILES string of the molecule is COc1cc(-c2cc(-c3ccccc3)nc(SCCC(=O)Nc3cc(Cl)cc(Cl)c3)c2C#N)cc(OC)c1OC. The second kappa shape index (κ2) is 13.4. The van der Waals surface area contributed by atoms with E-state index in [1.54, 1.807) is 30.3 Å². The lowest BCUT2D eigenvalue weighted by atomic mass is 9.98. The summed E-state index contributed by atoms with van der Waals surface area (Å²) in [6, 6.07) is 22.3. The molecule has 0 bridgehead atoms. The predicted molar refractivity (Wildman–Crippen MR) is 160 cm³/mol. The Labute approximate surface area is 247 Å². The van der Waals surface area contributed by atoms with Crippen LogP contribution < -0.4 is 19.5 Å². The number of rotatable bonds is 10. The van der Waals surface area contributed by atoms with Gasteiger partial charge in [0, 0.05) is 39.0 Å². The molecule has 1 aromatic heterocycles. The van der Waals surface area contributed by atoms with Gasteiger partial charge in [-0.2, -0.15) is 5.26 Å². The highest BCUT2D eigenvalue weighted by Crippen LogP contribution is 2.43. The molecule has 10 heteroatoms. The normalized spacial score (nSPS) is 10.5. The van der Waals surface area contributed by atoms with Crippen molar-refractivity contribution in [3.8, 4) is 45.7 Å². The van der Waals surface area contributed by atoms with Gasteiger partial charge in [-0.3, -0.25) is 4.79 Å². The molecule has 0 aliphatic rings. The molecule has 0 radical (unpaired) electrons. The van der Waals surface area contributed by atoms with Crippen molar-refractivity contribution in [2.24, 2.45) is 0 Å². The van der Waals surface area contributed by atoms with E-state index in [4.69, 9.17) is 42.4 Å².